The summed E-state index contributed by atoms with van der Waals surface area (Å²) in [5.74, 6) is 0. The maximum Gasteiger partial charge on any atom is 0.115 e. The minimum absolute atomic E-state index is 0.171. The molecule has 0 aromatic rings. The molecular weight excluding hydrogens is 216 g/mol. The van der Waals surface area contributed by atoms with E-state index in [0.717, 1.165) is 6.42 Å². The second kappa shape index (κ2) is 13.5. The van der Waals surface area contributed by atoms with Crippen molar-refractivity contribution in [2.24, 2.45) is 0 Å². The van der Waals surface area contributed by atoms with Crippen molar-refractivity contribution in [3.05, 3.63) is 12.3 Å². The molecule has 3 heteroatoms. The number of aliphatic hydroxyl groups is 2. The Bertz CT molecular complexity index is 169. The average molecular weight is 244 g/mol. The summed E-state index contributed by atoms with van der Waals surface area (Å²) in [7, 11) is 0. The molecule has 0 aliphatic carbocycles. The Hall–Kier alpha value is -0.540. The molecule has 0 amide bonds. The zero-order chi connectivity index (χ0) is 12.8. The number of hydrogen-bond acceptors (Lipinski definition) is 3. The number of rotatable bonds is 12. The summed E-state index contributed by atoms with van der Waals surface area (Å²) in [6, 6.07) is 0. The van der Waals surface area contributed by atoms with Crippen molar-refractivity contribution in [3.63, 3.8) is 0 Å². The first kappa shape index (κ1) is 16.5. The molecule has 1 atom stereocenters. The molecule has 0 radical (unpaired) electrons. The molecular formula is C14H28O3. The maximum atomic E-state index is 8.99. The number of allylic oxidation sites excluding steroid dienone is 1. The summed E-state index contributed by atoms with van der Waals surface area (Å²) in [5, 5.41) is 17.5. The van der Waals surface area contributed by atoms with E-state index < -0.39 is 6.10 Å². The van der Waals surface area contributed by atoms with Gasteiger partial charge in [-0.15, -0.1) is 0 Å². The lowest BCUT2D eigenvalue weighted by Crippen LogP contribution is -2.17. The van der Waals surface area contributed by atoms with Crippen LogP contribution in [0.25, 0.3) is 0 Å². The summed E-state index contributed by atoms with van der Waals surface area (Å²) in [4.78, 5) is 0. The van der Waals surface area contributed by atoms with Crippen molar-refractivity contribution in [1.29, 1.82) is 0 Å². The predicted octanol–water partition coefficient (Wildman–Crippen LogP) is 3.01. The molecule has 0 rings (SSSR count). The molecule has 17 heavy (non-hydrogen) atoms. The van der Waals surface area contributed by atoms with Gasteiger partial charge in [-0.2, -0.15) is 0 Å². The van der Waals surface area contributed by atoms with Crippen molar-refractivity contribution < 1.29 is 14.9 Å². The van der Waals surface area contributed by atoms with E-state index in [-0.39, 0.29) is 13.2 Å². The zero-order valence-corrected chi connectivity index (χ0v) is 11.1. The third-order valence-electron chi connectivity index (χ3n) is 2.67. The number of aliphatic hydroxyl groups excluding tert-OH is 2. The van der Waals surface area contributed by atoms with Crippen LogP contribution in [0, 0.1) is 0 Å². The Labute approximate surface area is 105 Å². The SMILES string of the molecule is CCCCCCCCCC=COCC(O)CO. The Balaban J connectivity index is 3.09. The number of ether oxygens (including phenoxy) is 1. The Kier molecular flexibility index (Phi) is 13.1. The van der Waals surface area contributed by atoms with Gasteiger partial charge in [-0.1, -0.05) is 45.4 Å². The Morgan fingerprint density at radius 1 is 1.06 bits per heavy atom. The normalized spacial score (nSPS) is 13.1. The van der Waals surface area contributed by atoms with Crippen LogP contribution in [0.4, 0.5) is 0 Å². The van der Waals surface area contributed by atoms with Crippen molar-refractivity contribution in [1.82, 2.24) is 0 Å². The van der Waals surface area contributed by atoms with Crippen LogP contribution < -0.4 is 0 Å². The molecule has 0 saturated heterocycles. The van der Waals surface area contributed by atoms with Crippen LogP contribution in [0.3, 0.4) is 0 Å². The second-order valence-electron chi connectivity index (χ2n) is 4.45. The lowest BCUT2D eigenvalue weighted by molar-refractivity contribution is 0.0383. The van der Waals surface area contributed by atoms with Crippen molar-refractivity contribution in [2.45, 2.75) is 64.4 Å². The molecule has 102 valence electrons. The van der Waals surface area contributed by atoms with Crippen molar-refractivity contribution >= 4 is 0 Å². The predicted molar refractivity (Wildman–Crippen MR) is 70.8 cm³/mol. The van der Waals surface area contributed by atoms with Gasteiger partial charge >= 0.3 is 0 Å². The van der Waals surface area contributed by atoms with E-state index >= 15 is 0 Å². The lowest BCUT2D eigenvalue weighted by Gasteiger charge is -2.05. The first-order valence-corrected chi connectivity index (χ1v) is 6.86. The monoisotopic (exact) mass is 244 g/mol. The van der Waals surface area contributed by atoms with Crippen LogP contribution in [0.15, 0.2) is 12.3 Å². The standard InChI is InChI=1S/C14H28O3/c1-2-3-4-5-6-7-8-9-10-11-17-13-14(16)12-15/h10-11,14-16H,2-9,12-13H2,1H3. The van der Waals surface area contributed by atoms with E-state index in [9.17, 15) is 0 Å². The summed E-state index contributed by atoms with van der Waals surface area (Å²) in [6.45, 7) is 2.16. The molecule has 0 aromatic carbocycles. The largest absolute Gasteiger partial charge is 0.499 e. The fourth-order valence-electron chi connectivity index (χ4n) is 1.57. The van der Waals surface area contributed by atoms with Gasteiger partial charge in [-0.3, -0.25) is 0 Å². The van der Waals surface area contributed by atoms with Crippen molar-refractivity contribution in [2.75, 3.05) is 13.2 Å². The van der Waals surface area contributed by atoms with Crippen LogP contribution in [-0.2, 0) is 4.74 Å². The van der Waals surface area contributed by atoms with Crippen LogP contribution in [0.2, 0.25) is 0 Å². The van der Waals surface area contributed by atoms with E-state index in [0.29, 0.717) is 0 Å². The summed E-state index contributed by atoms with van der Waals surface area (Å²) in [5.41, 5.74) is 0. The summed E-state index contributed by atoms with van der Waals surface area (Å²) >= 11 is 0. The van der Waals surface area contributed by atoms with Crippen LogP contribution in [0.5, 0.6) is 0 Å². The van der Waals surface area contributed by atoms with Gasteiger partial charge in [0.15, 0.2) is 0 Å². The van der Waals surface area contributed by atoms with Gasteiger partial charge in [-0.05, 0) is 18.9 Å². The third kappa shape index (κ3) is 13.4. The van der Waals surface area contributed by atoms with Gasteiger partial charge in [0, 0.05) is 0 Å². The highest BCUT2D eigenvalue weighted by Gasteiger charge is 1.98. The van der Waals surface area contributed by atoms with Gasteiger partial charge in [0.05, 0.1) is 12.9 Å². The fraction of sp³-hybridized carbons (Fsp3) is 0.857. The van der Waals surface area contributed by atoms with Gasteiger partial charge in [0.1, 0.15) is 12.7 Å². The minimum Gasteiger partial charge on any atom is -0.499 e. The molecule has 2 N–H and O–H groups in total. The third-order valence-corrected chi connectivity index (χ3v) is 2.67. The van der Waals surface area contributed by atoms with Crippen LogP contribution >= 0.6 is 0 Å². The maximum absolute atomic E-state index is 8.99. The molecule has 0 saturated carbocycles. The molecule has 1 unspecified atom stereocenters. The topological polar surface area (TPSA) is 49.7 Å². The second-order valence-corrected chi connectivity index (χ2v) is 4.45. The quantitative estimate of drug-likeness (QED) is 0.410. The van der Waals surface area contributed by atoms with Gasteiger partial charge in [0.25, 0.3) is 0 Å². The summed E-state index contributed by atoms with van der Waals surface area (Å²) in [6.07, 6.45) is 13.1. The summed E-state index contributed by atoms with van der Waals surface area (Å²) < 4.78 is 5.06. The molecule has 0 fully saturated rings. The Morgan fingerprint density at radius 3 is 2.35 bits per heavy atom. The number of hydrogen-bond donors (Lipinski definition) is 2. The highest BCUT2D eigenvalue weighted by atomic mass is 16.5. The zero-order valence-electron chi connectivity index (χ0n) is 11.1. The van der Waals surface area contributed by atoms with E-state index in [2.05, 4.69) is 6.92 Å². The van der Waals surface area contributed by atoms with Gasteiger partial charge in [-0.25, -0.2) is 0 Å². The number of unbranched alkanes of at least 4 members (excludes halogenated alkanes) is 7. The highest BCUT2D eigenvalue weighted by Crippen LogP contribution is 2.08. The molecule has 0 bridgehead atoms. The van der Waals surface area contributed by atoms with Crippen molar-refractivity contribution in [3.8, 4) is 0 Å². The van der Waals surface area contributed by atoms with Gasteiger partial charge in [0.2, 0.25) is 0 Å². The molecule has 0 aliphatic heterocycles. The fourth-order valence-corrected chi connectivity index (χ4v) is 1.57. The first-order valence-electron chi connectivity index (χ1n) is 6.86. The lowest BCUT2D eigenvalue weighted by atomic mass is 10.1. The smallest absolute Gasteiger partial charge is 0.115 e. The van der Waals surface area contributed by atoms with E-state index in [1.54, 1.807) is 6.26 Å². The molecule has 0 aromatic heterocycles. The van der Waals surface area contributed by atoms with E-state index in [1.807, 2.05) is 6.08 Å². The first-order chi connectivity index (χ1) is 8.31. The van der Waals surface area contributed by atoms with Gasteiger partial charge < -0.3 is 14.9 Å². The highest BCUT2D eigenvalue weighted by molar-refractivity contribution is 4.73. The minimum atomic E-state index is -0.766. The van der Waals surface area contributed by atoms with E-state index in [4.69, 9.17) is 14.9 Å². The van der Waals surface area contributed by atoms with Crippen LogP contribution in [-0.4, -0.2) is 29.5 Å². The van der Waals surface area contributed by atoms with Crippen LogP contribution in [0.1, 0.15) is 58.3 Å². The molecule has 0 heterocycles. The molecule has 0 spiro atoms. The molecule has 0 aliphatic rings. The Morgan fingerprint density at radius 2 is 1.71 bits per heavy atom. The van der Waals surface area contributed by atoms with E-state index in [1.165, 1.54) is 44.9 Å². The molecule has 3 nitrogen and oxygen atoms in total. The average Bonchev–Trinajstić information content (AvgIpc) is 2.35.